The van der Waals surface area contributed by atoms with E-state index in [4.69, 9.17) is 16.3 Å². The number of carbonyl (C=O) groups excluding carboxylic acids is 2. The highest BCUT2D eigenvalue weighted by atomic mass is 35.5. The molecule has 0 radical (unpaired) electrons. The maximum atomic E-state index is 15.7. The van der Waals surface area contributed by atoms with Crippen LogP contribution in [-0.2, 0) is 9.53 Å². The SMILES string of the molecule is CCN1C(=O)N(c2c(F)cc(NCCNCCCC(=O)OC(C)(C)C)cc2F)c2cc(C#N)ccc2-c2cc(Cl)cnc21. The topological polar surface area (TPSA) is 111 Å². The molecule has 2 heterocycles. The number of hydrogen-bond donors (Lipinski definition) is 2. The molecule has 3 aromatic rings. The lowest BCUT2D eigenvalue weighted by Gasteiger charge is -2.28. The van der Waals surface area contributed by atoms with Gasteiger partial charge in [-0.25, -0.2) is 18.6 Å². The molecule has 4 rings (SSSR count). The van der Waals surface area contributed by atoms with Gasteiger partial charge in [-0.3, -0.25) is 14.6 Å². The Morgan fingerprint density at radius 3 is 2.47 bits per heavy atom. The summed E-state index contributed by atoms with van der Waals surface area (Å²) in [6.45, 7) is 8.72. The summed E-state index contributed by atoms with van der Waals surface area (Å²) in [5.74, 6) is -1.92. The summed E-state index contributed by atoms with van der Waals surface area (Å²) in [6, 6.07) is 9.72. The molecule has 0 bridgehead atoms. The Bertz CT molecular complexity index is 1550. The molecule has 2 amide bonds. The summed E-state index contributed by atoms with van der Waals surface area (Å²) in [5, 5.41) is 16.0. The highest BCUT2D eigenvalue weighted by molar-refractivity contribution is 6.31. The molecule has 0 atom stereocenters. The predicted molar refractivity (Wildman–Crippen MR) is 163 cm³/mol. The molecular weight excluding hydrogens is 578 g/mol. The number of carbonyl (C=O) groups is 2. The van der Waals surface area contributed by atoms with E-state index in [2.05, 4.69) is 15.6 Å². The largest absolute Gasteiger partial charge is 0.460 e. The van der Waals surface area contributed by atoms with Crippen molar-refractivity contribution in [3.05, 3.63) is 64.8 Å². The third kappa shape index (κ3) is 7.39. The lowest BCUT2D eigenvalue weighted by atomic mass is 10.0. The summed E-state index contributed by atoms with van der Waals surface area (Å²) in [7, 11) is 0. The Kier molecular flexibility index (Phi) is 9.84. The van der Waals surface area contributed by atoms with Crippen LogP contribution in [-0.4, -0.2) is 48.8 Å². The number of hydrogen-bond acceptors (Lipinski definition) is 7. The molecule has 0 fully saturated rings. The minimum absolute atomic E-state index is 0.124. The average Bonchev–Trinajstić information content (AvgIpc) is 3.03. The van der Waals surface area contributed by atoms with Crippen LogP contribution in [0.5, 0.6) is 0 Å². The molecule has 0 saturated heterocycles. The molecule has 12 heteroatoms. The van der Waals surface area contributed by atoms with E-state index in [9.17, 15) is 14.9 Å². The van der Waals surface area contributed by atoms with Crippen molar-refractivity contribution in [1.29, 1.82) is 5.26 Å². The molecule has 43 heavy (non-hydrogen) atoms. The van der Waals surface area contributed by atoms with Crippen LogP contribution in [0.15, 0.2) is 42.6 Å². The first kappa shape index (κ1) is 31.7. The molecule has 1 aromatic heterocycles. The number of aromatic nitrogens is 1. The van der Waals surface area contributed by atoms with E-state index in [-0.39, 0.29) is 41.7 Å². The van der Waals surface area contributed by atoms with Gasteiger partial charge in [0.05, 0.1) is 22.3 Å². The molecule has 0 spiro atoms. The van der Waals surface area contributed by atoms with Crippen LogP contribution >= 0.6 is 11.6 Å². The normalized spacial score (nSPS) is 12.7. The van der Waals surface area contributed by atoms with E-state index in [0.29, 0.717) is 42.2 Å². The standard InChI is InChI=1S/C31H33ClF2N6O3/c1-5-39-29-23(14-20(32)18-38-29)22-9-8-19(17-35)13-26(22)40(30(39)42)28-24(33)15-21(16-25(28)34)37-12-11-36-10-6-7-27(41)43-31(2,3)4/h8-9,13-16,18,36-37H,5-7,10-12H2,1-4H3. The third-order valence-corrected chi connectivity index (χ3v) is 6.72. The minimum atomic E-state index is -0.970. The number of rotatable bonds is 10. The van der Waals surface area contributed by atoms with E-state index in [1.165, 1.54) is 17.2 Å². The lowest BCUT2D eigenvalue weighted by molar-refractivity contribution is -0.154. The first-order valence-corrected chi connectivity index (χ1v) is 14.3. The third-order valence-electron chi connectivity index (χ3n) is 6.51. The monoisotopic (exact) mass is 610 g/mol. The minimum Gasteiger partial charge on any atom is -0.460 e. The first-order chi connectivity index (χ1) is 20.4. The number of halogens is 3. The van der Waals surface area contributed by atoms with Crippen molar-refractivity contribution in [1.82, 2.24) is 10.3 Å². The van der Waals surface area contributed by atoms with Gasteiger partial charge in [-0.1, -0.05) is 17.7 Å². The fourth-order valence-corrected chi connectivity index (χ4v) is 4.88. The zero-order valence-electron chi connectivity index (χ0n) is 24.4. The van der Waals surface area contributed by atoms with E-state index in [0.717, 1.165) is 17.0 Å². The van der Waals surface area contributed by atoms with Crippen LogP contribution in [0.1, 0.15) is 46.1 Å². The van der Waals surface area contributed by atoms with Crippen molar-refractivity contribution in [2.75, 3.05) is 41.3 Å². The lowest BCUT2D eigenvalue weighted by Crippen LogP contribution is -2.41. The molecule has 1 aliphatic rings. The van der Waals surface area contributed by atoms with E-state index >= 15 is 8.78 Å². The maximum absolute atomic E-state index is 15.7. The Labute approximate surface area is 254 Å². The number of fused-ring (bicyclic) bond motifs is 3. The Hall–Kier alpha value is -4.27. The molecule has 0 saturated carbocycles. The zero-order chi connectivity index (χ0) is 31.3. The second kappa shape index (κ2) is 13.4. The van der Waals surface area contributed by atoms with Crippen molar-refractivity contribution >= 4 is 46.5 Å². The fourth-order valence-electron chi connectivity index (χ4n) is 4.73. The van der Waals surface area contributed by atoms with Crippen LogP contribution in [0.3, 0.4) is 0 Å². The van der Waals surface area contributed by atoms with Gasteiger partial charge in [0, 0.05) is 49.1 Å². The van der Waals surface area contributed by atoms with Crippen LogP contribution in [0.2, 0.25) is 5.02 Å². The van der Waals surface area contributed by atoms with E-state index in [1.807, 2.05) is 26.8 Å². The van der Waals surface area contributed by atoms with Crippen LogP contribution < -0.4 is 20.4 Å². The molecule has 0 aliphatic carbocycles. The Morgan fingerprint density at radius 2 is 1.81 bits per heavy atom. The highest BCUT2D eigenvalue weighted by Gasteiger charge is 2.36. The molecule has 2 N–H and O–H groups in total. The molecule has 1 aliphatic heterocycles. The Morgan fingerprint density at radius 1 is 1.09 bits per heavy atom. The molecule has 0 unspecified atom stereocenters. The summed E-state index contributed by atoms with van der Waals surface area (Å²) in [6.07, 6.45) is 2.27. The number of ether oxygens (including phenoxy) is 1. The van der Waals surface area contributed by atoms with Crippen LogP contribution in [0.25, 0.3) is 11.1 Å². The number of nitrogens with zero attached hydrogens (tertiary/aromatic N) is 4. The van der Waals surface area contributed by atoms with E-state index in [1.54, 1.807) is 25.1 Å². The molecule has 9 nitrogen and oxygen atoms in total. The summed E-state index contributed by atoms with van der Waals surface area (Å²) < 4.78 is 36.7. The smallest absolute Gasteiger partial charge is 0.334 e. The van der Waals surface area contributed by atoms with Gasteiger partial charge in [0.2, 0.25) is 0 Å². The number of amides is 2. The number of benzene rings is 2. The average molecular weight is 611 g/mol. The quantitative estimate of drug-likeness (QED) is 0.192. The van der Waals surface area contributed by atoms with Gasteiger partial charge < -0.3 is 15.4 Å². The van der Waals surface area contributed by atoms with Crippen molar-refractivity contribution < 1.29 is 23.1 Å². The van der Waals surface area contributed by atoms with E-state index < -0.39 is 29.0 Å². The van der Waals surface area contributed by atoms with Crippen molar-refractivity contribution in [2.24, 2.45) is 0 Å². The van der Waals surface area contributed by atoms with Gasteiger partial charge in [0.1, 0.15) is 17.1 Å². The summed E-state index contributed by atoms with van der Waals surface area (Å²) in [5.41, 5.74) is 0.338. The number of nitriles is 1. The number of urea groups is 1. The first-order valence-electron chi connectivity index (χ1n) is 13.9. The van der Waals surface area contributed by atoms with Crippen molar-refractivity contribution in [2.45, 2.75) is 46.1 Å². The van der Waals surface area contributed by atoms with Gasteiger partial charge in [-0.05, 0) is 71.0 Å². The second-order valence-corrected chi connectivity index (χ2v) is 11.3. The number of nitrogens with one attached hydrogen (secondary N) is 2. The number of pyridine rings is 1. The van der Waals surface area contributed by atoms with Gasteiger partial charge in [-0.2, -0.15) is 5.26 Å². The van der Waals surface area contributed by atoms with Gasteiger partial charge in [-0.15, -0.1) is 0 Å². The van der Waals surface area contributed by atoms with Gasteiger partial charge in [0.15, 0.2) is 11.6 Å². The summed E-state index contributed by atoms with van der Waals surface area (Å²) >= 11 is 6.23. The Balaban J connectivity index is 1.54. The van der Waals surface area contributed by atoms with Crippen LogP contribution in [0, 0.1) is 23.0 Å². The van der Waals surface area contributed by atoms with Crippen molar-refractivity contribution in [3.63, 3.8) is 0 Å². The molecule has 226 valence electrons. The second-order valence-electron chi connectivity index (χ2n) is 10.9. The van der Waals surface area contributed by atoms with Gasteiger partial charge >= 0.3 is 12.0 Å². The number of esters is 1. The molecule has 2 aromatic carbocycles. The zero-order valence-corrected chi connectivity index (χ0v) is 25.2. The highest BCUT2D eigenvalue weighted by Crippen LogP contribution is 2.45. The van der Waals surface area contributed by atoms with Crippen LogP contribution in [0.4, 0.5) is 36.5 Å². The number of anilines is 4. The predicted octanol–water partition coefficient (Wildman–Crippen LogP) is 6.77. The van der Waals surface area contributed by atoms with Gasteiger partial charge in [0.25, 0.3) is 0 Å². The maximum Gasteiger partial charge on any atom is 0.334 e. The molecular formula is C31H33ClF2N6O3. The summed E-state index contributed by atoms with van der Waals surface area (Å²) in [4.78, 5) is 32.3. The fraction of sp³-hybridized carbons (Fsp3) is 0.355. The van der Waals surface area contributed by atoms with Crippen molar-refractivity contribution in [3.8, 4) is 17.2 Å².